The molecule has 0 aromatic heterocycles. The number of aliphatic carboxylic acids is 1. The van der Waals surface area contributed by atoms with Crippen LogP contribution in [0, 0.1) is 11.8 Å². The van der Waals surface area contributed by atoms with E-state index >= 15 is 0 Å². The van der Waals surface area contributed by atoms with E-state index in [-0.39, 0.29) is 41.5 Å². The summed E-state index contributed by atoms with van der Waals surface area (Å²) < 4.78 is 6.19. The van der Waals surface area contributed by atoms with Crippen LogP contribution in [0.25, 0.3) is 0 Å². The van der Waals surface area contributed by atoms with Gasteiger partial charge in [0.15, 0.2) is 8.32 Å². The number of hydrogen-bond donors (Lipinski definition) is 1. The Morgan fingerprint density at radius 1 is 1.21 bits per heavy atom. The van der Waals surface area contributed by atoms with Gasteiger partial charge in [-0.25, -0.2) is 4.79 Å². The van der Waals surface area contributed by atoms with Gasteiger partial charge in [0, 0.05) is 28.8 Å². The first-order valence-corrected chi connectivity index (χ1v) is 15.7. The number of fused-ring (bicyclic) bond motifs is 1. The normalized spacial score (nSPS) is 23.3. The van der Waals surface area contributed by atoms with Gasteiger partial charge in [0.1, 0.15) is 5.70 Å². The summed E-state index contributed by atoms with van der Waals surface area (Å²) >= 11 is 1.29. The molecular formula is C24H34N2O5SSi. The van der Waals surface area contributed by atoms with Crippen molar-refractivity contribution in [3.05, 3.63) is 40.4 Å². The van der Waals surface area contributed by atoms with Crippen molar-refractivity contribution in [2.75, 3.05) is 13.1 Å². The van der Waals surface area contributed by atoms with Crippen LogP contribution in [0.1, 0.15) is 38.1 Å². The van der Waals surface area contributed by atoms with Crippen LogP contribution < -0.4 is 0 Å². The van der Waals surface area contributed by atoms with E-state index in [0.717, 1.165) is 0 Å². The summed E-state index contributed by atoms with van der Waals surface area (Å²) in [5, 5.41) is 10.0. The van der Waals surface area contributed by atoms with Crippen LogP contribution in [0.15, 0.2) is 39.8 Å². The van der Waals surface area contributed by atoms with Crippen molar-refractivity contribution in [3.8, 4) is 0 Å². The Kier molecular flexibility index (Phi) is 7.45. The highest BCUT2D eigenvalue weighted by Crippen LogP contribution is 2.52. The predicted octanol–water partition coefficient (Wildman–Crippen LogP) is 4.27. The van der Waals surface area contributed by atoms with Crippen molar-refractivity contribution >= 4 is 37.9 Å². The summed E-state index contributed by atoms with van der Waals surface area (Å²) in [5.41, 5.74) is 0.576. The van der Waals surface area contributed by atoms with Crippen LogP contribution in [0.5, 0.6) is 0 Å². The molecule has 180 valence electrons. The fraction of sp³-hybridized carbons (Fsp3) is 0.542. The molecule has 3 rings (SSSR count). The number of hydrogen-bond acceptors (Lipinski definition) is 5. The van der Waals surface area contributed by atoms with E-state index in [1.54, 1.807) is 11.0 Å². The van der Waals surface area contributed by atoms with E-state index < -0.39 is 14.3 Å². The largest absolute Gasteiger partial charge is 0.477 e. The highest BCUT2D eigenvalue weighted by atomic mass is 32.2. The van der Waals surface area contributed by atoms with Crippen LogP contribution in [-0.4, -0.2) is 66.2 Å². The van der Waals surface area contributed by atoms with Crippen molar-refractivity contribution in [2.45, 2.75) is 64.4 Å². The van der Waals surface area contributed by atoms with Gasteiger partial charge in [0.25, 0.3) is 5.91 Å². The molecule has 1 saturated heterocycles. The Bertz CT molecular complexity index is 985. The maximum atomic E-state index is 13.1. The van der Waals surface area contributed by atoms with Crippen molar-refractivity contribution in [2.24, 2.45) is 11.8 Å². The van der Waals surface area contributed by atoms with Gasteiger partial charge in [-0.05, 0) is 52.5 Å². The highest BCUT2D eigenvalue weighted by Gasteiger charge is 2.60. The van der Waals surface area contributed by atoms with Gasteiger partial charge in [-0.1, -0.05) is 30.8 Å². The van der Waals surface area contributed by atoms with E-state index in [1.807, 2.05) is 45.9 Å². The number of amides is 2. The van der Waals surface area contributed by atoms with Crippen LogP contribution in [0.3, 0.4) is 0 Å². The molecule has 2 aliphatic rings. The molecule has 1 fully saturated rings. The molecule has 9 heteroatoms. The molecule has 2 aliphatic heterocycles. The molecule has 1 aromatic carbocycles. The summed E-state index contributed by atoms with van der Waals surface area (Å²) in [6.45, 7) is 15.2. The molecule has 0 radical (unpaired) electrons. The molecule has 0 spiro atoms. The van der Waals surface area contributed by atoms with Gasteiger partial charge >= 0.3 is 5.97 Å². The Morgan fingerprint density at radius 3 is 2.36 bits per heavy atom. The first kappa shape index (κ1) is 25.5. The molecule has 7 nitrogen and oxygen atoms in total. The molecular weight excluding hydrogens is 456 g/mol. The zero-order valence-electron chi connectivity index (χ0n) is 20.4. The number of nitrogens with zero attached hydrogens (tertiary/aromatic N) is 2. The van der Waals surface area contributed by atoms with E-state index in [1.165, 1.54) is 16.7 Å². The fourth-order valence-corrected chi connectivity index (χ4v) is 7.32. The van der Waals surface area contributed by atoms with Crippen LogP contribution >= 0.6 is 11.8 Å². The number of benzene rings is 1. The Balaban J connectivity index is 1.95. The Hall–Kier alpha value is -2.10. The minimum absolute atomic E-state index is 0.0315. The fourth-order valence-electron chi connectivity index (χ4n) is 4.81. The number of rotatable bonds is 9. The first-order valence-electron chi connectivity index (χ1n) is 11.5. The van der Waals surface area contributed by atoms with E-state index in [0.29, 0.717) is 28.5 Å². The molecule has 2 amide bonds. The predicted molar refractivity (Wildman–Crippen MR) is 131 cm³/mol. The molecule has 2 heterocycles. The lowest BCUT2D eigenvalue weighted by Gasteiger charge is -2.48. The van der Waals surface area contributed by atoms with E-state index in [4.69, 9.17) is 4.43 Å². The van der Waals surface area contributed by atoms with Gasteiger partial charge in [-0.2, -0.15) is 0 Å². The number of carboxylic acids is 1. The molecule has 1 N–H and O–H groups in total. The summed E-state index contributed by atoms with van der Waals surface area (Å²) in [4.78, 5) is 42.9. The molecule has 1 aromatic rings. The van der Waals surface area contributed by atoms with Crippen molar-refractivity contribution in [1.29, 1.82) is 0 Å². The smallest absolute Gasteiger partial charge is 0.353 e. The molecule has 4 atom stereocenters. The topological polar surface area (TPSA) is 87.2 Å². The third-order valence-electron chi connectivity index (χ3n) is 6.22. The molecule has 0 aliphatic carbocycles. The molecule has 3 unspecified atom stereocenters. The van der Waals surface area contributed by atoms with Crippen molar-refractivity contribution in [1.82, 2.24) is 9.80 Å². The highest BCUT2D eigenvalue weighted by molar-refractivity contribution is 8.03. The van der Waals surface area contributed by atoms with Gasteiger partial charge < -0.3 is 19.3 Å². The number of carbonyl (C=O) groups excluding carboxylic acids is 2. The van der Waals surface area contributed by atoms with E-state index in [2.05, 4.69) is 19.6 Å². The third kappa shape index (κ3) is 4.76. The quantitative estimate of drug-likeness (QED) is 0.411. The van der Waals surface area contributed by atoms with Crippen LogP contribution in [-0.2, 0) is 14.0 Å². The summed E-state index contributed by atoms with van der Waals surface area (Å²) in [5.74, 6) is -1.94. The average Bonchev–Trinajstić information content (AvgIpc) is 2.96. The number of β-lactam (4-membered cyclic amide) rings is 1. The minimum Gasteiger partial charge on any atom is -0.477 e. The van der Waals surface area contributed by atoms with Gasteiger partial charge in [0.05, 0.1) is 23.6 Å². The number of thioether (sulfide) groups is 1. The monoisotopic (exact) mass is 490 g/mol. The second kappa shape index (κ2) is 9.64. The van der Waals surface area contributed by atoms with Crippen molar-refractivity contribution < 1.29 is 23.9 Å². The Morgan fingerprint density at radius 2 is 1.82 bits per heavy atom. The molecule has 33 heavy (non-hydrogen) atoms. The lowest BCUT2D eigenvalue weighted by atomic mass is 9.79. The SMILES string of the molecule is CCN(CC)C(=O)c1ccccc1SC1=C(C(=O)O)N2C(=O)C(C(C)O[Si](C)(C)C)[C@@H]2C1C. The van der Waals surface area contributed by atoms with E-state index in [9.17, 15) is 19.5 Å². The lowest BCUT2D eigenvalue weighted by molar-refractivity contribution is -0.162. The average molecular weight is 491 g/mol. The third-order valence-corrected chi connectivity index (χ3v) is 8.66. The van der Waals surface area contributed by atoms with Crippen molar-refractivity contribution in [3.63, 3.8) is 0 Å². The maximum absolute atomic E-state index is 13.1. The summed E-state index contributed by atoms with van der Waals surface area (Å²) in [6.07, 6.45) is -0.274. The molecule has 0 bridgehead atoms. The summed E-state index contributed by atoms with van der Waals surface area (Å²) in [7, 11) is -1.86. The second-order valence-corrected chi connectivity index (χ2v) is 15.1. The zero-order valence-corrected chi connectivity index (χ0v) is 22.2. The lowest BCUT2D eigenvalue weighted by Crippen LogP contribution is -2.64. The van der Waals surface area contributed by atoms with Crippen LogP contribution in [0.4, 0.5) is 0 Å². The van der Waals surface area contributed by atoms with Gasteiger partial charge in [0.2, 0.25) is 5.91 Å². The minimum atomic E-state index is -1.86. The number of carboxylic acid groups (broad SMARTS) is 1. The maximum Gasteiger partial charge on any atom is 0.353 e. The zero-order chi connectivity index (χ0) is 24.7. The number of carbonyl (C=O) groups is 3. The van der Waals surface area contributed by atoms with Gasteiger partial charge in [-0.15, -0.1) is 0 Å². The van der Waals surface area contributed by atoms with Crippen LogP contribution in [0.2, 0.25) is 19.6 Å². The summed E-state index contributed by atoms with van der Waals surface area (Å²) in [6, 6.07) is 7.02. The van der Waals surface area contributed by atoms with Gasteiger partial charge in [-0.3, -0.25) is 9.59 Å². The standard InChI is InChI=1S/C24H34N2O5SSi/c1-8-25(9-2)22(27)16-12-10-11-13-17(16)32-21-14(3)19-18(15(4)31-33(5,6)7)23(28)26(19)20(21)24(29)30/h10-15,18-19H,8-9H2,1-7H3,(H,29,30)/t14?,15?,18?,19-/m0/s1. The molecule has 0 saturated carbocycles. The second-order valence-electron chi connectivity index (χ2n) is 9.54. The first-order chi connectivity index (χ1) is 15.4. The Labute approximate surface area is 201 Å².